The van der Waals surface area contributed by atoms with Crippen LogP contribution in [0.3, 0.4) is 0 Å². The van der Waals surface area contributed by atoms with Gasteiger partial charge in [0.1, 0.15) is 6.54 Å². The zero-order valence-corrected chi connectivity index (χ0v) is 10.6. The van der Waals surface area contributed by atoms with Gasteiger partial charge in [0.05, 0.1) is 4.88 Å². The van der Waals surface area contributed by atoms with Gasteiger partial charge in [0.15, 0.2) is 0 Å². The lowest BCUT2D eigenvalue weighted by atomic mass is 10.2. The van der Waals surface area contributed by atoms with E-state index in [1.54, 1.807) is 0 Å². The van der Waals surface area contributed by atoms with Gasteiger partial charge in [-0.15, -0.1) is 11.3 Å². The van der Waals surface area contributed by atoms with Crippen molar-refractivity contribution in [1.82, 2.24) is 4.90 Å². The van der Waals surface area contributed by atoms with Crippen molar-refractivity contribution in [2.45, 2.75) is 6.18 Å². The van der Waals surface area contributed by atoms with Crippen LogP contribution in [0, 0.1) is 0 Å². The van der Waals surface area contributed by atoms with Gasteiger partial charge < -0.3 is 10.0 Å². The minimum Gasteiger partial charge on any atom is -0.478 e. The van der Waals surface area contributed by atoms with Crippen LogP contribution in [0.5, 0.6) is 0 Å². The molecule has 0 aromatic carbocycles. The summed E-state index contributed by atoms with van der Waals surface area (Å²) in [6.07, 6.45) is -2.48. The Balaban J connectivity index is 2.89. The second-order valence-electron chi connectivity index (χ2n) is 3.65. The molecule has 0 spiro atoms. The lowest BCUT2D eigenvalue weighted by Crippen LogP contribution is -2.35. The third-order valence-electron chi connectivity index (χ3n) is 2.06. The standard InChI is InChI=1S/C11H10F3NO3S/c1-15(6-11(12,13)14)10(18)9-7(4-5-19-9)2-3-8(16)17/h2-5H,6H2,1H3,(H,16,17)/b3-2+. The van der Waals surface area contributed by atoms with E-state index < -0.39 is 24.6 Å². The number of rotatable bonds is 4. The highest BCUT2D eigenvalue weighted by Crippen LogP contribution is 2.22. The van der Waals surface area contributed by atoms with E-state index in [-0.39, 0.29) is 10.4 Å². The monoisotopic (exact) mass is 293 g/mol. The molecule has 1 rings (SSSR count). The van der Waals surface area contributed by atoms with Gasteiger partial charge in [0.2, 0.25) is 0 Å². The first-order valence-electron chi connectivity index (χ1n) is 5.01. The van der Waals surface area contributed by atoms with Crippen LogP contribution in [-0.4, -0.2) is 41.7 Å². The Bertz CT molecular complexity index is 508. The van der Waals surface area contributed by atoms with Gasteiger partial charge in [-0.2, -0.15) is 13.2 Å². The van der Waals surface area contributed by atoms with E-state index in [0.29, 0.717) is 4.90 Å². The van der Waals surface area contributed by atoms with Crippen LogP contribution in [0.25, 0.3) is 6.08 Å². The summed E-state index contributed by atoms with van der Waals surface area (Å²) in [6, 6.07) is 1.47. The zero-order valence-electron chi connectivity index (χ0n) is 9.77. The van der Waals surface area contributed by atoms with E-state index >= 15 is 0 Å². The smallest absolute Gasteiger partial charge is 0.406 e. The van der Waals surface area contributed by atoms with Crippen molar-refractivity contribution < 1.29 is 27.9 Å². The van der Waals surface area contributed by atoms with E-state index in [1.165, 1.54) is 17.5 Å². The summed E-state index contributed by atoms with van der Waals surface area (Å²) in [5.41, 5.74) is 0.284. The molecule has 1 aromatic heterocycles. The second kappa shape index (κ2) is 5.87. The number of thiophene rings is 1. The maximum atomic E-state index is 12.2. The summed E-state index contributed by atoms with van der Waals surface area (Å²) in [5.74, 6) is -1.99. The highest BCUT2D eigenvalue weighted by Gasteiger charge is 2.32. The molecule has 0 saturated heterocycles. The second-order valence-corrected chi connectivity index (χ2v) is 4.57. The third-order valence-corrected chi connectivity index (χ3v) is 2.98. The minimum atomic E-state index is -4.47. The first-order chi connectivity index (χ1) is 8.70. The number of hydrogen-bond acceptors (Lipinski definition) is 3. The summed E-state index contributed by atoms with van der Waals surface area (Å²) < 4.78 is 36.5. The fourth-order valence-electron chi connectivity index (χ4n) is 1.30. The van der Waals surface area contributed by atoms with Crippen LogP contribution in [0.4, 0.5) is 13.2 Å². The van der Waals surface area contributed by atoms with Gasteiger partial charge in [-0.1, -0.05) is 0 Å². The van der Waals surface area contributed by atoms with Crippen LogP contribution in [-0.2, 0) is 4.79 Å². The predicted octanol–water partition coefficient (Wildman–Crippen LogP) is 2.48. The summed E-state index contributed by atoms with van der Waals surface area (Å²) in [7, 11) is 1.04. The van der Waals surface area contributed by atoms with Gasteiger partial charge in [-0.05, 0) is 23.1 Å². The van der Waals surface area contributed by atoms with Gasteiger partial charge in [-0.3, -0.25) is 4.79 Å². The minimum absolute atomic E-state index is 0.0734. The first kappa shape index (κ1) is 15.2. The number of carboxylic acid groups (broad SMARTS) is 1. The molecule has 0 unspecified atom stereocenters. The van der Waals surface area contributed by atoms with Crippen molar-refractivity contribution in [3.05, 3.63) is 28.0 Å². The third kappa shape index (κ3) is 4.74. The molecule has 1 heterocycles. The Labute approximate surface area is 110 Å². The molecular formula is C11H10F3NO3S. The van der Waals surface area contributed by atoms with Crippen molar-refractivity contribution in [3.8, 4) is 0 Å². The van der Waals surface area contributed by atoms with E-state index in [1.807, 2.05) is 0 Å². The van der Waals surface area contributed by atoms with Crippen molar-refractivity contribution in [1.29, 1.82) is 0 Å². The highest BCUT2D eigenvalue weighted by molar-refractivity contribution is 7.12. The Hall–Kier alpha value is -1.83. The maximum absolute atomic E-state index is 12.2. The molecule has 0 radical (unpaired) electrons. The average molecular weight is 293 g/mol. The van der Waals surface area contributed by atoms with Crippen LogP contribution in [0.2, 0.25) is 0 Å². The number of aliphatic carboxylic acids is 1. The molecule has 1 aromatic rings. The number of nitrogens with zero attached hydrogens (tertiary/aromatic N) is 1. The normalized spacial score (nSPS) is 11.8. The number of hydrogen-bond donors (Lipinski definition) is 1. The van der Waals surface area contributed by atoms with Crippen molar-refractivity contribution in [2.75, 3.05) is 13.6 Å². The molecule has 1 amide bonds. The number of carbonyl (C=O) groups is 2. The fraction of sp³-hybridized carbons (Fsp3) is 0.273. The Morgan fingerprint density at radius 3 is 2.63 bits per heavy atom. The SMILES string of the molecule is CN(CC(F)(F)F)C(=O)c1sccc1/C=C/C(=O)O. The lowest BCUT2D eigenvalue weighted by molar-refractivity contribution is -0.138. The van der Waals surface area contributed by atoms with Gasteiger partial charge in [0.25, 0.3) is 5.91 Å². The molecule has 0 atom stereocenters. The van der Waals surface area contributed by atoms with Crippen molar-refractivity contribution in [3.63, 3.8) is 0 Å². The molecule has 0 aliphatic carbocycles. The van der Waals surface area contributed by atoms with Crippen molar-refractivity contribution >= 4 is 29.3 Å². The number of halogens is 3. The molecule has 1 N–H and O–H groups in total. The fourth-order valence-corrected chi connectivity index (χ4v) is 2.18. The molecule has 0 fully saturated rings. The summed E-state index contributed by atoms with van der Waals surface area (Å²) in [4.78, 5) is 22.8. The molecule has 0 saturated carbocycles. The topological polar surface area (TPSA) is 57.6 Å². The molecule has 0 bridgehead atoms. The summed E-state index contributed by atoms with van der Waals surface area (Å²) in [6.45, 7) is -1.36. The molecule has 0 aliphatic heterocycles. The Morgan fingerprint density at radius 2 is 2.11 bits per heavy atom. The predicted molar refractivity (Wildman–Crippen MR) is 64.0 cm³/mol. The average Bonchev–Trinajstić information content (AvgIpc) is 2.70. The van der Waals surface area contributed by atoms with Crippen LogP contribution in [0.15, 0.2) is 17.5 Å². The highest BCUT2D eigenvalue weighted by atomic mass is 32.1. The number of amides is 1. The molecular weight excluding hydrogens is 283 g/mol. The van der Waals surface area contributed by atoms with Crippen LogP contribution in [0.1, 0.15) is 15.2 Å². The first-order valence-corrected chi connectivity index (χ1v) is 5.89. The van der Waals surface area contributed by atoms with E-state index in [9.17, 15) is 22.8 Å². The van der Waals surface area contributed by atoms with Crippen molar-refractivity contribution in [2.24, 2.45) is 0 Å². The molecule has 4 nitrogen and oxygen atoms in total. The van der Waals surface area contributed by atoms with E-state index in [4.69, 9.17) is 5.11 Å². The largest absolute Gasteiger partial charge is 0.478 e. The van der Waals surface area contributed by atoms with Crippen LogP contribution >= 0.6 is 11.3 Å². The Morgan fingerprint density at radius 1 is 1.47 bits per heavy atom. The molecule has 0 aliphatic rings. The summed E-state index contributed by atoms with van der Waals surface area (Å²) in [5, 5.41) is 9.99. The zero-order chi connectivity index (χ0) is 14.6. The van der Waals surface area contributed by atoms with Gasteiger partial charge in [0, 0.05) is 13.1 Å². The van der Waals surface area contributed by atoms with Gasteiger partial charge >= 0.3 is 12.1 Å². The lowest BCUT2D eigenvalue weighted by Gasteiger charge is -2.18. The Kier molecular flexibility index (Phi) is 4.71. The maximum Gasteiger partial charge on any atom is 0.406 e. The van der Waals surface area contributed by atoms with Crippen LogP contribution < -0.4 is 0 Å². The van der Waals surface area contributed by atoms with E-state index in [2.05, 4.69) is 0 Å². The van der Waals surface area contributed by atoms with E-state index in [0.717, 1.165) is 24.5 Å². The number of alkyl halides is 3. The number of carboxylic acids is 1. The summed E-state index contributed by atoms with van der Waals surface area (Å²) >= 11 is 0.961. The van der Waals surface area contributed by atoms with Gasteiger partial charge in [-0.25, -0.2) is 4.79 Å². The molecule has 8 heteroatoms. The quantitative estimate of drug-likeness (QED) is 0.868. The molecule has 104 valence electrons. The number of carbonyl (C=O) groups excluding carboxylic acids is 1. The molecule has 19 heavy (non-hydrogen) atoms.